The highest BCUT2D eigenvalue weighted by Gasteiger charge is 2.39. The maximum atomic E-state index is 12.0. The number of halogens is 3. The first-order valence-electron chi connectivity index (χ1n) is 6.66. The molecule has 1 N–H and O–H groups in total. The molecule has 0 radical (unpaired) electrons. The quantitative estimate of drug-likeness (QED) is 0.783. The van der Waals surface area contributed by atoms with Crippen molar-refractivity contribution in [2.75, 3.05) is 6.54 Å². The van der Waals surface area contributed by atoms with Gasteiger partial charge < -0.3 is 5.32 Å². The number of hydrogen-bond acceptors (Lipinski definition) is 2. The van der Waals surface area contributed by atoms with Gasteiger partial charge in [0.25, 0.3) is 0 Å². The average molecular weight is 276 g/mol. The van der Waals surface area contributed by atoms with Crippen molar-refractivity contribution >= 4 is 5.91 Å². The Balaban J connectivity index is 2.28. The van der Waals surface area contributed by atoms with Crippen molar-refractivity contribution in [3.05, 3.63) is 0 Å². The number of amides is 1. The normalized spacial score (nSPS) is 18.6. The standard InChI is InChI=1S/C13H19F3N2O/c14-13(15,16)8-4-5-9-18-11(19)12(10-17)6-2-1-3-7-12/h1-9H2,(H,18,19). The number of carbonyl (C=O) groups excluding carboxylic acids is 1. The number of nitrogens with zero attached hydrogens (tertiary/aromatic N) is 1. The Morgan fingerprint density at radius 1 is 1.21 bits per heavy atom. The van der Waals surface area contributed by atoms with E-state index in [0.29, 0.717) is 12.8 Å². The number of alkyl halides is 3. The van der Waals surface area contributed by atoms with Crippen LogP contribution in [0.4, 0.5) is 13.2 Å². The molecule has 0 aromatic rings. The fourth-order valence-corrected chi connectivity index (χ4v) is 2.37. The lowest BCUT2D eigenvalue weighted by molar-refractivity contribution is -0.135. The molecule has 0 atom stereocenters. The van der Waals surface area contributed by atoms with Crippen molar-refractivity contribution in [3.8, 4) is 6.07 Å². The van der Waals surface area contributed by atoms with Crippen LogP contribution in [0.3, 0.4) is 0 Å². The summed E-state index contributed by atoms with van der Waals surface area (Å²) in [4.78, 5) is 12.0. The predicted octanol–water partition coefficient (Wildman–Crippen LogP) is 3.31. The largest absolute Gasteiger partial charge is 0.389 e. The number of nitriles is 1. The first kappa shape index (κ1) is 15.8. The molecule has 6 heteroatoms. The molecule has 19 heavy (non-hydrogen) atoms. The molecule has 1 aliphatic carbocycles. The van der Waals surface area contributed by atoms with Gasteiger partial charge in [0.1, 0.15) is 5.41 Å². The van der Waals surface area contributed by atoms with E-state index in [1.54, 1.807) is 0 Å². The summed E-state index contributed by atoms with van der Waals surface area (Å²) in [6, 6.07) is 2.09. The molecule has 1 rings (SSSR count). The number of rotatable bonds is 5. The summed E-state index contributed by atoms with van der Waals surface area (Å²) in [5.74, 6) is -0.318. The van der Waals surface area contributed by atoms with Crippen LogP contribution in [0.25, 0.3) is 0 Å². The number of nitrogens with one attached hydrogen (secondary N) is 1. The van der Waals surface area contributed by atoms with Crippen molar-refractivity contribution in [1.82, 2.24) is 5.32 Å². The number of carbonyl (C=O) groups is 1. The summed E-state index contributed by atoms with van der Waals surface area (Å²) in [5.41, 5.74) is -0.956. The third-order valence-electron chi connectivity index (χ3n) is 3.53. The van der Waals surface area contributed by atoms with Gasteiger partial charge in [0.05, 0.1) is 6.07 Å². The van der Waals surface area contributed by atoms with Gasteiger partial charge in [0.2, 0.25) is 5.91 Å². The molecule has 1 fully saturated rings. The lowest BCUT2D eigenvalue weighted by Crippen LogP contribution is -2.41. The van der Waals surface area contributed by atoms with E-state index in [9.17, 15) is 18.0 Å². The van der Waals surface area contributed by atoms with Crippen molar-refractivity contribution < 1.29 is 18.0 Å². The van der Waals surface area contributed by atoms with Gasteiger partial charge >= 0.3 is 6.18 Å². The molecule has 0 saturated heterocycles. The molecule has 0 heterocycles. The third kappa shape index (κ3) is 5.09. The van der Waals surface area contributed by atoms with E-state index in [0.717, 1.165) is 19.3 Å². The topological polar surface area (TPSA) is 52.9 Å². The van der Waals surface area contributed by atoms with Gasteiger partial charge in [0.15, 0.2) is 0 Å². The van der Waals surface area contributed by atoms with E-state index in [4.69, 9.17) is 5.26 Å². The van der Waals surface area contributed by atoms with Crippen molar-refractivity contribution in [1.29, 1.82) is 5.26 Å². The van der Waals surface area contributed by atoms with E-state index in [2.05, 4.69) is 11.4 Å². The SMILES string of the molecule is N#CC1(C(=O)NCCCCC(F)(F)F)CCCCC1. The molecule has 1 aliphatic rings. The van der Waals surface area contributed by atoms with E-state index in [1.165, 1.54) is 0 Å². The van der Waals surface area contributed by atoms with Crippen molar-refractivity contribution in [2.45, 2.75) is 57.5 Å². The zero-order valence-corrected chi connectivity index (χ0v) is 10.9. The summed E-state index contributed by atoms with van der Waals surface area (Å²) in [6.07, 6.45) is -0.828. The molecule has 3 nitrogen and oxygen atoms in total. The molecule has 0 aromatic heterocycles. The summed E-state index contributed by atoms with van der Waals surface area (Å²) >= 11 is 0. The Morgan fingerprint density at radius 3 is 2.37 bits per heavy atom. The Labute approximate surface area is 111 Å². The van der Waals surface area contributed by atoms with Crippen molar-refractivity contribution in [2.24, 2.45) is 5.41 Å². The lowest BCUT2D eigenvalue weighted by Gasteiger charge is -2.29. The van der Waals surface area contributed by atoms with E-state index < -0.39 is 18.0 Å². The Bertz CT molecular complexity index is 341. The van der Waals surface area contributed by atoms with E-state index >= 15 is 0 Å². The second-order valence-electron chi connectivity index (χ2n) is 5.08. The fraction of sp³-hybridized carbons (Fsp3) is 0.846. The smallest absolute Gasteiger partial charge is 0.355 e. The van der Waals surface area contributed by atoms with Gasteiger partial charge in [0, 0.05) is 13.0 Å². The zero-order chi connectivity index (χ0) is 14.4. The Hall–Kier alpha value is -1.25. The minimum atomic E-state index is -4.14. The first-order chi connectivity index (χ1) is 8.90. The summed E-state index contributed by atoms with van der Waals surface area (Å²) in [5, 5.41) is 11.8. The Morgan fingerprint density at radius 2 is 1.84 bits per heavy atom. The second-order valence-corrected chi connectivity index (χ2v) is 5.08. The minimum Gasteiger partial charge on any atom is -0.355 e. The van der Waals surface area contributed by atoms with Crippen LogP contribution in [0.1, 0.15) is 51.4 Å². The molecule has 0 unspecified atom stereocenters. The average Bonchev–Trinajstić information content (AvgIpc) is 2.37. The van der Waals surface area contributed by atoms with Crippen LogP contribution in [-0.4, -0.2) is 18.6 Å². The van der Waals surface area contributed by atoms with Crippen LogP contribution in [0.15, 0.2) is 0 Å². The van der Waals surface area contributed by atoms with Gasteiger partial charge in [-0.1, -0.05) is 19.3 Å². The van der Waals surface area contributed by atoms with Gasteiger partial charge in [-0.3, -0.25) is 4.79 Å². The van der Waals surface area contributed by atoms with Gasteiger partial charge in [-0.05, 0) is 25.7 Å². The van der Waals surface area contributed by atoms with Crippen LogP contribution in [0.5, 0.6) is 0 Å². The predicted molar refractivity (Wildman–Crippen MR) is 64.0 cm³/mol. The Kier molecular flexibility index (Phi) is 5.64. The fourth-order valence-electron chi connectivity index (χ4n) is 2.37. The first-order valence-corrected chi connectivity index (χ1v) is 6.66. The second kappa shape index (κ2) is 6.78. The molecule has 108 valence electrons. The van der Waals surface area contributed by atoms with Crippen LogP contribution in [0.2, 0.25) is 0 Å². The summed E-state index contributed by atoms with van der Waals surface area (Å²) < 4.78 is 35.8. The molecule has 1 saturated carbocycles. The number of hydrogen-bond donors (Lipinski definition) is 1. The molecular formula is C13H19F3N2O. The minimum absolute atomic E-state index is 0.00331. The molecular weight excluding hydrogens is 257 g/mol. The highest BCUT2D eigenvalue weighted by molar-refractivity contribution is 5.85. The third-order valence-corrected chi connectivity index (χ3v) is 3.53. The van der Waals surface area contributed by atoms with E-state index in [-0.39, 0.29) is 25.3 Å². The molecule has 0 aliphatic heterocycles. The molecule has 0 bridgehead atoms. The maximum absolute atomic E-state index is 12.0. The zero-order valence-electron chi connectivity index (χ0n) is 10.9. The maximum Gasteiger partial charge on any atom is 0.389 e. The van der Waals surface area contributed by atoms with Crippen molar-refractivity contribution in [3.63, 3.8) is 0 Å². The summed E-state index contributed by atoms with van der Waals surface area (Å²) in [6.45, 7) is 0.207. The lowest BCUT2D eigenvalue weighted by atomic mass is 9.74. The van der Waals surface area contributed by atoms with Crippen LogP contribution in [-0.2, 0) is 4.79 Å². The summed E-state index contributed by atoms with van der Waals surface area (Å²) in [7, 11) is 0. The van der Waals surface area contributed by atoms with Crippen LogP contribution >= 0.6 is 0 Å². The highest BCUT2D eigenvalue weighted by atomic mass is 19.4. The van der Waals surface area contributed by atoms with Gasteiger partial charge in [-0.2, -0.15) is 18.4 Å². The molecule has 0 aromatic carbocycles. The van der Waals surface area contributed by atoms with E-state index in [1.807, 2.05) is 0 Å². The van der Waals surface area contributed by atoms with Crippen LogP contribution in [0, 0.1) is 16.7 Å². The molecule has 1 amide bonds. The van der Waals surface area contributed by atoms with Gasteiger partial charge in [-0.25, -0.2) is 0 Å². The monoisotopic (exact) mass is 276 g/mol. The van der Waals surface area contributed by atoms with Gasteiger partial charge in [-0.15, -0.1) is 0 Å². The highest BCUT2D eigenvalue weighted by Crippen LogP contribution is 2.35. The number of unbranched alkanes of at least 4 members (excludes halogenated alkanes) is 1. The van der Waals surface area contributed by atoms with Crippen LogP contribution < -0.4 is 5.32 Å². The molecule has 0 spiro atoms.